The zero-order valence-corrected chi connectivity index (χ0v) is 35.0. The van der Waals surface area contributed by atoms with E-state index in [0.717, 1.165) is 66.0 Å². The van der Waals surface area contributed by atoms with Crippen LogP contribution in [0.1, 0.15) is 0 Å². The second-order valence-electron chi connectivity index (χ2n) is 15.8. The highest BCUT2D eigenvalue weighted by Gasteiger charge is 2.41. The van der Waals surface area contributed by atoms with Gasteiger partial charge in [0.15, 0.2) is 19.7 Å². The normalized spacial score (nSPS) is 11.8. The summed E-state index contributed by atoms with van der Waals surface area (Å²) in [6.07, 6.45) is 3.61. The van der Waals surface area contributed by atoms with Crippen LogP contribution in [0.3, 0.4) is 0 Å². The van der Waals surface area contributed by atoms with E-state index < -0.39 is 8.07 Å². The number of benzene rings is 8. The van der Waals surface area contributed by atoms with Crippen LogP contribution in [-0.4, -0.2) is 32.6 Å². The molecular weight excluding hydrogens is 787 g/mol. The lowest BCUT2D eigenvalue weighted by atomic mass is 9.99. The van der Waals surface area contributed by atoms with E-state index in [-0.39, 0.29) is 0 Å². The molecular formula is C56H37N5OSi. The van der Waals surface area contributed by atoms with E-state index in [9.17, 15) is 0 Å². The predicted molar refractivity (Wildman–Crippen MR) is 259 cm³/mol. The number of hydrogen-bond donors (Lipinski definition) is 0. The summed E-state index contributed by atoms with van der Waals surface area (Å²) in [7, 11) is -2.87. The Kier molecular flexibility index (Phi) is 8.72. The summed E-state index contributed by atoms with van der Waals surface area (Å²) in [5, 5.41) is 9.19. The number of hydrogen-bond acceptors (Lipinski definition) is 5. The summed E-state index contributed by atoms with van der Waals surface area (Å²) >= 11 is 0. The van der Waals surface area contributed by atoms with Gasteiger partial charge in [-0.1, -0.05) is 188 Å². The molecule has 296 valence electrons. The highest BCUT2D eigenvalue weighted by atomic mass is 28.3. The van der Waals surface area contributed by atoms with E-state index in [1.807, 2.05) is 24.4 Å². The molecule has 0 bridgehead atoms. The van der Waals surface area contributed by atoms with Crippen molar-refractivity contribution in [3.05, 3.63) is 225 Å². The summed E-state index contributed by atoms with van der Waals surface area (Å²) in [5.41, 5.74) is 7.55. The highest BCUT2D eigenvalue weighted by Crippen LogP contribution is 2.40. The highest BCUT2D eigenvalue weighted by molar-refractivity contribution is 7.19. The molecule has 12 aromatic rings. The van der Waals surface area contributed by atoms with Crippen LogP contribution >= 0.6 is 0 Å². The van der Waals surface area contributed by atoms with Gasteiger partial charge in [-0.05, 0) is 56.1 Å². The number of fused-ring (bicyclic) bond motifs is 6. The molecule has 12 rings (SSSR count). The quantitative estimate of drug-likeness (QED) is 0.113. The maximum atomic E-state index is 6.37. The first-order valence-corrected chi connectivity index (χ1v) is 23.1. The molecule has 4 heterocycles. The van der Waals surface area contributed by atoms with Crippen molar-refractivity contribution in [1.82, 2.24) is 24.5 Å². The Balaban J connectivity index is 1.16. The van der Waals surface area contributed by atoms with Crippen molar-refractivity contribution in [2.45, 2.75) is 0 Å². The molecule has 0 unspecified atom stereocenters. The third-order valence-electron chi connectivity index (χ3n) is 12.3. The van der Waals surface area contributed by atoms with Crippen LogP contribution < -0.4 is 20.7 Å². The second-order valence-corrected chi connectivity index (χ2v) is 19.6. The van der Waals surface area contributed by atoms with Crippen molar-refractivity contribution in [1.29, 1.82) is 0 Å². The minimum atomic E-state index is -2.87. The fourth-order valence-corrected chi connectivity index (χ4v) is 14.4. The van der Waals surface area contributed by atoms with Crippen molar-refractivity contribution in [2.75, 3.05) is 0 Å². The smallest absolute Gasteiger partial charge is 0.238 e. The first-order chi connectivity index (χ1) is 31.3. The molecule has 8 aromatic carbocycles. The molecule has 0 aliphatic heterocycles. The van der Waals surface area contributed by atoms with Gasteiger partial charge in [0.05, 0.1) is 11.0 Å². The van der Waals surface area contributed by atoms with E-state index in [1.54, 1.807) is 6.20 Å². The van der Waals surface area contributed by atoms with E-state index in [0.29, 0.717) is 17.6 Å². The number of nitrogens with zero attached hydrogens (tertiary/aromatic N) is 5. The Morgan fingerprint density at radius 2 is 0.968 bits per heavy atom. The third-order valence-corrected chi connectivity index (χ3v) is 17.1. The molecule has 0 aliphatic rings. The van der Waals surface area contributed by atoms with Gasteiger partial charge in [-0.15, -0.1) is 0 Å². The number of para-hydroxylation sites is 1. The van der Waals surface area contributed by atoms with Crippen LogP contribution in [-0.2, 0) is 0 Å². The Bertz CT molecular complexity index is 3530. The fraction of sp³-hybridized carbons (Fsp3) is 0. The Hall–Kier alpha value is -8.26. The molecule has 6 nitrogen and oxygen atoms in total. The first kappa shape index (κ1) is 36.6. The van der Waals surface area contributed by atoms with Crippen LogP contribution in [0, 0.1) is 0 Å². The van der Waals surface area contributed by atoms with Gasteiger partial charge in [0.25, 0.3) is 0 Å². The summed E-state index contributed by atoms with van der Waals surface area (Å²) < 4.78 is 8.57. The van der Waals surface area contributed by atoms with Gasteiger partial charge in [-0.2, -0.15) is 9.97 Å². The van der Waals surface area contributed by atoms with Gasteiger partial charge in [0.2, 0.25) is 5.95 Å². The maximum absolute atomic E-state index is 6.37. The number of aromatic nitrogens is 5. The molecule has 0 amide bonds. The largest absolute Gasteiger partial charge is 0.456 e. The zero-order chi connectivity index (χ0) is 41.7. The monoisotopic (exact) mass is 823 g/mol. The summed E-state index contributed by atoms with van der Waals surface area (Å²) in [5.74, 6) is 1.64. The van der Waals surface area contributed by atoms with Gasteiger partial charge in [0, 0.05) is 45.1 Å². The van der Waals surface area contributed by atoms with Crippen LogP contribution in [0.2, 0.25) is 0 Å². The fourth-order valence-electron chi connectivity index (χ4n) is 9.62. The van der Waals surface area contributed by atoms with Gasteiger partial charge in [-0.25, -0.2) is 4.98 Å². The average molecular weight is 824 g/mol. The molecule has 63 heavy (non-hydrogen) atoms. The summed E-state index contributed by atoms with van der Waals surface area (Å²) in [6.45, 7) is 0. The van der Waals surface area contributed by atoms with Crippen molar-refractivity contribution in [2.24, 2.45) is 0 Å². The minimum Gasteiger partial charge on any atom is -0.456 e. The maximum Gasteiger partial charge on any atom is 0.238 e. The predicted octanol–water partition coefficient (Wildman–Crippen LogP) is 10.6. The molecule has 7 heteroatoms. The first-order valence-electron chi connectivity index (χ1n) is 21.1. The van der Waals surface area contributed by atoms with E-state index in [4.69, 9.17) is 19.4 Å². The van der Waals surface area contributed by atoms with Gasteiger partial charge in [0.1, 0.15) is 11.2 Å². The molecule has 0 radical (unpaired) electrons. The molecule has 0 N–H and O–H groups in total. The number of pyridine rings is 1. The second kappa shape index (κ2) is 15.0. The lowest BCUT2D eigenvalue weighted by Gasteiger charge is -2.34. The average Bonchev–Trinajstić information content (AvgIpc) is 3.92. The topological polar surface area (TPSA) is 69.6 Å². The minimum absolute atomic E-state index is 0.525. The standard InChI is InChI=1S/C56H37N5OSi/c1-5-18-38(19-6-1)44-29-16-32-49-52(44)45-28-13-14-31-48(45)61(49)56-59-54(58-55(60-56)46-30-17-33-51-53(46)47-37-57-35-34-50(47)62-51)39-20-15-27-43(36-39)63(40-21-7-2-8-22-40,41-23-9-3-10-24-41)42-25-11-4-12-26-42/h1-37H. The van der Waals surface area contributed by atoms with Crippen LogP contribution in [0.25, 0.3) is 83.6 Å². The van der Waals surface area contributed by atoms with Crippen LogP contribution in [0.4, 0.5) is 0 Å². The lowest BCUT2D eigenvalue weighted by molar-refractivity contribution is 0.668. The van der Waals surface area contributed by atoms with Gasteiger partial charge >= 0.3 is 0 Å². The number of furan rings is 1. The summed E-state index contributed by atoms with van der Waals surface area (Å²) in [6, 6.07) is 75.4. The third kappa shape index (κ3) is 5.93. The Labute approximate surface area is 364 Å². The van der Waals surface area contributed by atoms with Gasteiger partial charge < -0.3 is 4.42 Å². The van der Waals surface area contributed by atoms with E-state index >= 15 is 0 Å². The molecule has 0 aliphatic carbocycles. The lowest BCUT2D eigenvalue weighted by Crippen LogP contribution is -2.74. The van der Waals surface area contributed by atoms with Crippen molar-refractivity contribution in [3.63, 3.8) is 0 Å². The Morgan fingerprint density at radius 3 is 1.70 bits per heavy atom. The molecule has 0 atom stereocenters. The summed E-state index contributed by atoms with van der Waals surface area (Å²) in [4.78, 5) is 20.8. The van der Waals surface area contributed by atoms with Crippen LogP contribution in [0.5, 0.6) is 0 Å². The van der Waals surface area contributed by atoms with Crippen LogP contribution in [0.15, 0.2) is 229 Å². The zero-order valence-electron chi connectivity index (χ0n) is 34.0. The number of rotatable bonds is 8. The van der Waals surface area contributed by atoms with E-state index in [1.165, 1.54) is 20.7 Å². The van der Waals surface area contributed by atoms with Crippen molar-refractivity contribution >= 4 is 72.6 Å². The van der Waals surface area contributed by atoms with Crippen molar-refractivity contribution < 1.29 is 4.42 Å². The SMILES string of the molecule is c1ccc(-c2cccc3c2c2ccccc2n3-c2nc(-c3cccc([Si](c4ccccc4)(c4ccccc4)c4ccccc4)c3)nc(-c3cccc4oc5ccncc5c34)n2)cc1. The van der Waals surface area contributed by atoms with E-state index in [2.05, 4.69) is 204 Å². The molecule has 0 saturated carbocycles. The Morgan fingerprint density at radius 1 is 0.397 bits per heavy atom. The van der Waals surface area contributed by atoms with Gasteiger partial charge in [-0.3, -0.25) is 9.55 Å². The molecule has 4 aromatic heterocycles. The molecule has 0 spiro atoms. The molecule has 0 saturated heterocycles. The van der Waals surface area contributed by atoms with Crippen molar-refractivity contribution in [3.8, 4) is 39.9 Å². The molecule has 0 fully saturated rings.